The van der Waals surface area contributed by atoms with Crippen molar-refractivity contribution in [3.05, 3.63) is 47.2 Å². The Morgan fingerprint density at radius 3 is 3.05 bits per heavy atom. The number of nitrogens with two attached hydrogens (primary N) is 1. The van der Waals surface area contributed by atoms with Gasteiger partial charge in [0.05, 0.1) is 18.3 Å². The number of amides is 1. The lowest BCUT2D eigenvalue weighted by molar-refractivity contribution is -0.119. The summed E-state index contributed by atoms with van der Waals surface area (Å²) in [7, 11) is 0. The van der Waals surface area contributed by atoms with E-state index in [9.17, 15) is 4.79 Å². The first-order chi connectivity index (χ1) is 10.6. The SMILES string of the molecule is NC(=O)CN1CCC[C@@H]1c1ccnc(-c2cccc(Cl)c2)n1. The molecule has 0 bridgehead atoms. The molecule has 22 heavy (non-hydrogen) atoms. The number of likely N-dealkylation sites (tertiary alicyclic amines) is 1. The molecule has 2 aromatic rings. The van der Waals surface area contributed by atoms with Gasteiger partial charge in [-0.1, -0.05) is 23.7 Å². The predicted molar refractivity (Wildman–Crippen MR) is 85.2 cm³/mol. The number of carbonyl (C=O) groups is 1. The lowest BCUT2D eigenvalue weighted by Gasteiger charge is -2.22. The maximum absolute atomic E-state index is 11.2. The van der Waals surface area contributed by atoms with E-state index in [4.69, 9.17) is 17.3 Å². The van der Waals surface area contributed by atoms with Crippen LogP contribution in [0.25, 0.3) is 11.4 Å². The van der Waals surface area contributed by atoms with Crippen molar-refractivity contribution in [2.75, 3.05) is 13.1 Å². The van der Waals surface area contributed by atoms with Crippen LogP contribution in [-0.2, 0) is 4.79 Å². The van der Waals surface area contributed by atoms with Crippen LogP contribution in [0.1, 0.15) is 24.6 Å². The Morgan fingerprint density at radius 1 is 1.41 bits per heavy atom. The summed E-state index contributed by atoms with van der Waals surface area (Å²) in [6, 6.07) is 9.49. The summed E-state index contributed by atoms with van der Waals surface area (Å²) in [6.45, 7) is 1.13. The van der Waals surface area contributed by atoms with Gasteiger partial charge in [0, 0.05) is 16.8 Å². The number of hydrogen-bond donors (Lipinski definition) is 1. The number of aromatic nitrogens is 2. The van der Waals surface area contributed by atoms with Crippen molar-refractivity contribution in [1.82, 2.24) is 14.9 Å². The van der Waals surface area contributed by atoms with Gasteiger partial charge in [-0.25, -0.2) is 9.97 Å². The van der Waals surface area contributed by atoms with Crippen molar-refractivity contribution in [2.45, 2.75) is 18.9 Å². The highest BCUT2D eigenvalue weighted by atomic mass is 35.5. The van der Waals surface area contributed by atoms with E-state index >= 15 is 0 Å². The third kappa shape index (κ3) is 3.26. The number of carbonyl (C=O) groups excluding carboxylic acids is 1. The summed E-state index contributed by atoms with van der Waals surface area (Å²) < 4.78 is 0. The molecule has 5 nitrogen and oxygen atoms in total. The van der Waals surface area contributed by atoms with E-state index in [1.807, 2.05) is 30.3 Å². The topological polar surface area (TPSA) is 72.1 Å². The van der Waals surface area contributed by atoms with Crippen LogP contribution in [0, 0.1) is 0 Å². The Kier molecular flexibility index (Phi) is 4.36. The standard InChI is InChI=1S/C16H17ClN4O/c17-12-4-1-3-11(9-12)16-19-7-6-13(20-16)14-5-2-8-21(14)10-15(18)22/h1,3-4,6-7,9,14H,2,5,8,10H2,(H2,18,22)/t14-/m1/s1. The molecule has 0 saturated carbocycles. The second-order valence-corrected chi connectivity index (χ2v) is 5.85. The van der Waals surface area contributed by atoms with E-state index in [2.05, 4.69) is 14.9 Å². The van der Waals surface area contributed by atoms with Crippen molar-refractivity contribution in [2.24, 2.45) is 5.73 Å². The Hall–Kier alpha value is -1.98. The highest BCUT2D eigenvalue weighted by Gasteiger charge is 2.28. The minimum atomic E-state index is -0.309. The summed E-state index contributed by atoms with van der Waals surface area (Å²) in [6.07, 6.45) is 3.76. The molecule has 1 aromatic carbocycles. The van der Waals surface area contributed by atoms with E-state index < -0.39 is 0 Å². The lowest BCUT2D eigenvalue weighted by atomic mass is 10.1. The van der Waals surface area contributed by atoms with Gasteiger partial charge in [-0.15, -0.1) is 0 Å². The smallest absolute Gasteiger partial charge is 0.231 e. The minimum absolute atomic E-state index is 0.119. The van der Waals surface area contributed by atoms with E-state index in [-0.39, 0.29) is 18.5 Å². The van der Waals surface area contributed by atoms with Gasteiger partial charge in [-0.2, -0.15) is 0 Å². The van der Waals surface area contributed by atoms with E-state index in [1.165, 1.54) is 0 Å². The molecule has 1 aromatic heterocycles. The Balaban J connectivity index is 1.89. The molecule has 1 amide bonds. The molecule has 0 radical (unpaired) electrons. The zero-order valence-electron chi connectivity index (χ0n) is 12.1. The second-order valence-electron chi connectivity index (χ2n) is 5.41. The zero-order valence-corrected chi connectivity index (χ0v) is 12.8. The molecule has 1 saturated heterocycles. The summed E-state index contributed by atoms with van der Waals surface area (Å²) in [4.78, 5) is 22.3. The third-order valence-corrected chi connectivity index (χ3v) is 4.06. The highest BCUT2D eigenvalue weighted by molar-refractivity contribution is 6.30. The number of rotatable bonds is 4. The van der Waals surface area contributed by atoms with Crippen molar-refractivity contribution < 1.29 is 4.79 Å². The maximum atomic E-state index is 11.2. The number of nitrogens with zero attached hydrogens (tertiary/aromatic N) is 3. The number of benzene rings is 1. The largest absolute Gasteiger partial charge is 0.369 e. The summed E-state index contributed by atoms with van der Waals surface area (Å²) in [5, 5.41) is 0.655. The molecule has 1 aliphatic rings. The average Bonchev–Trinajstić information content (AvgIpc) is 2.95. The van der Waals surface area contributed by atoms with Crippen LogP contribution in [0.4, 0.5) is 0 Å². The summed E-state index contributed by atoms with van der Waals surface area (Å²) >= 11 is 6.03. The third-order valence-electron chi connectivity index (χ3n) is 3.82. The summed E-state index contributed by atoms with van der Waals surface area (Å²) in [5.74, 6) is 0.335. The van der Waals surface area contributed by atoms with Crippen LogP contribution in [0.15, 0.2) is 36.5 Å². The van der Waals surface area contributed by atoms with Crippen molar-refractivity contribution in [1.29, 1.82) is 0 Å². The molecule has 1 atom stereocenters. The van der Waals surface area contributed by atoms with Crippen LogP contribution in [0.2, 0.25) is 5.02 Å². The fourth-order valence-electron chi connectivity index (χ4n) is 2.88. The van der Waals surface area contributed by atoms with Gasteiger partial charge in [0.1, 0.15) is 0 Å². The molecule has 114 valence electrons. The van der Waals surface area contributed by atoms with Crippen molar-refractivity contribution >= 4 is 17.5 Å². The first kappa shape index (κ1) is 14.9. The van der Waals surface area contributed by atoms with Crippen molar-refractivity contribution in [3.63, 3.8) is 0 Å². The first-order valence-corrected chi connectivity index (χ1v) is 7.62. The van der Waals surface area contributed by atoms with Gasteiger partial charge in [-0.3, -0.25) is 9.69 Å². The average molecular weight is 317 g/mol. The number of hydrogen-bond acceptors (Lipinski definition) is 4. The van der Waals surface area contributed by atoms with Gasteiger partial charge >= 0.3 is 0 Å². The molecule has 3 rings (SSSR count). The molecule has 2 heterocycles. The lowest BCUT2D eigenvalue weighted by Crippen LogP contribution is -2.33. The van der Waals surface area contributed by atoms with Crippen LogP contribution in [0.5, 0.6) is 0 Å². The molecule has 0 unspecified atom stereocenters. The molecule has 1 aliphatic heterocycles. The fraction of sp³-hybridized carbons (Fsp3) is 0.312. The minimum Gasteiger partial charge on any atom is -0.369 e. The molecule has 6 heteroatoms. The molecular weight excluding hydrogens is 300 g/mol. The normalized spacial score (nSPS) is 18.5. The number of primary amides is 1. The van der Waals surface area contributed by atoms with Gasteiger partial charge < -0.3 is 5.73 Å². The monoisotopic (exact) mass is 316 g/mol. The van der Waals surface area contributed by atoms with E-state index in [0.29, 0.717) is 10.8 Å². The molecule has 0 spiro atoms. The van der Waals surface area contributed by atoms with Crippen molar-refractivity contribution in [3.8, 4) is 11.4 Å². The molecule has 2 N–H and O–H groups in total. The number of halogens is 1. The second kappa shape index (κ2) is 6.42. The summed E-state index contributed by atoms with van der Waals surface area (Å²) in [5.41, 5.74) is 7.13. The molecule has 0 aliphatic carbocycles. The first-order valence-electron chi connectivity index (χ1n) is 7.25. The van der Waals surface area contributed by atoms with Gasteiger partial charge in [0.25, 0.3) is 0 Å². The van der Waals surface area contributed by atoms with Crippen LogP contribution in [0.3, 0.4) is 0 Å². The zero-order chi connectivity index (χ0) is 15.5. The molecule has 1 fully saturated rings. The van der Waals surface area contributed by atoms with Gasteiger partial charge in [0.2, 0.25) is 5.91 Å². The van der Waals surface area contributed by atoms with Gasteiger partial charge in [0.15, 0.2) is 5.82 Å². The van der Waals surface area contributed by atoms with Crippen LogP contribution in [-0.4, -0.2) is 33.9 Å². The quantitative estimate of drug-likeness (QED) is 0.940. The Morgan fingerprint density at radius 2 is 2.27 bits per heavy atom. The van der Waals surface area contributed by atoms with Crippen LogP contribution >= 0.6 is 11.6 Å². The van der Waals surface area contributed by atoms with E-state index in [1.54, 1.807) is 6.20 Å². The Labute approximate surface area is 134 Å². The van der Waals surface area contributed by atoms with Crippen LogP contribution < -0.4 is 5.73 Å². The highest BCUT2D eigenvalue weighted by Crippen LogP contribution is 2.31. The van der Waals surface area contributed by atoms with Gasteiger partial charge in [-0.05, 0) is 37.6 Å². The maximum Gasteiger partial charge on any atom is 0.231 e. The van der Waals surface area contributed by atoms with E-state index in [0.717, 1.165) is 30.6 Å². The Bertz CT molecular complexity index is 691. The predicted octanol–water partition coefficient (Wildman–Crippen LogP) is 2.42. The molecular formula is C16H17ClN4O. The fourth-order valence-corrected chi connectivity index (χ4v) is 3.07.